The van der Waals surface area contributed by atoms with Crippen LogP contribution >= 0.6 is 15.9 Å². The Kier molecular flexibility index (Phi) is 4.80. The van der Waals surface area contributed by atoms with Crippen LogP contribution in [-0.4, -0.2) is 10.8 Å². The van der Waals surface area contributed by atoms with Crippen molar-refractivity contribution >= 4 is 55.1 Å². The first kappa shape index (κ1) is 17.3. The molecule has 6 heteroatoms. The minimum Gasteiger partial charge on any atom is -0.612 e. The summed E-state index contributed by atoms with van der Waals surface area (Å²) in [4.78, 5) is 0. The van der Waals surface area contributed by atoms with Crippen molar-refractivity contribution in [1.82, 2.24) is 0 Å². The molecule has 4 nitrogen and oxygen atoms in total. The summed E-state index contributed by atoms with van der Waals surface area (Å²) in [7, 11) is 0. The summed E-state index contributed by atoms with van der Waals surface area (Å²) in [6, 6.07) is 11.7. The summed E-state index contributed by atoms with van der Waals surface area (Å²) >= 11 is 2.50. The van der Waals surface area contributed by atoms with Gasteiger partial charge in [-0.1, -0.05) is 0 Å². The highest BCUT2D eigenvalue weighted by Crippen LogP contribution is 2.31. The highest BCUT2D eigenvalue weighted by molar-refractivity contribution is 9.10. The molecule has 0 radical (unpaired) electrons. The summed E-state index contributed by atoms with van der Waals surface area (Å²) in [5, 5.41) is 3.63. The lowest BCUT2D eigenvalue weighted by atomic mass is 10.1. The maximum absolute atomic E-state index is 11.4. The Hall–Kier alpha value is -2.15. The van der Waals surface area contributed by atoms with E-state index in [0.717, 1.165) is 37.5 Å². The molecule has 0 bridgehead atoms. The third-order valence-corrected chi connectivity index (χ3v) is 5.09. The van der Waals surface area contributed by atoms with Gasteiger partial charge < -0.3 is 18.1 Å². The van der Waals surface area contributed by atoms with Gasteiger partial charge in [-0.3, -0.25) is 0 Å². The van der Waals surface area contributed by atoms with Gasteiger partial charge in [0.15, 0.2) is 0 Å². The normalized spacial score (nSPS) is 13.0. The van der Waals surface area contributed by atoms with E-state index >= 15 is 0 Å². The van der Waals surface area contributed by atoms with Crippen LogP contribution in [0.25, 0.3) is 28.0 Å². The molecular weight excluding hydrogens is 416 g/mol. The van der Waals surface area contributed by atoms with Gasteiger partial charge in [-0.05, 0) is 69.1 Å². The summed E-state index contributed by atoms with van der Waals surface area (Å²) in [5.41, 5.74) is 3.44. The SMILES string of the molecule is C[S+]([O-])C=Cc1cc2ccoc2cc1OCc1cc(Br)c2occc2c1. The van der Waals surface area contributed by atoms with E-state index in [1.807, 2.05) is 42.5 Å². The van der Waals surface area contributed by atoms with Gasteiger partial charge in [-0.25, -0.2) is 0 Å². The lowest BCUT2D eigenvalue weighted by molar-refractivity contribution is 0.305. The van der Waals surface area contributed by atoms with Crippen LogP contribution in [-0.2, 0) is 17.8 Å². The van der Waals surface area contributed by atoms with Crippen LogP contribution in [0.15, 0.2) is 67.6 Å². The standard InChI is InChI=1S/C20H15BrO4S/c1-26(22)7-4-15-10-14-2-5-23-18(14)11-19(15)25-12-13-8-16-3-6-24-20(16)17(21)9-13/h2-11H,12H2,1H3. The summed E-state index contributed by atoms with van der Waals surface area (Å²) < 4.78 is 29.3. The van der Waals surface area contributed by atoms with Crippen LogP contribution in [0.3, 0.4) is 0 Å². The molecule has 2 aromatic carbocycles. The van der Waals surface area contributed by atoms with Crippen LogP contribution in [0.4, 0.5) is 0 Å². The largest absolute Gasteiger partial charge is 0.612 e. The van der Waals surface area contributed by atoms with E-state index < -0.39 is 11.2 Å². The minimum atomic E-state index is -1.03. The lowest BCUT2D eigenvalue weighted by Gasteiger charge is -2.10. The molecule has 0 aliphatic carbocycles. The van der Waals surface area contributed by atoms with Crippen LogP contribution in [0.2, 0.25) is 0 Å². The number of hydrogen-bond donors (Lipinski definition) is 0. The van der Waals surface area contributed by atoms with E-state index in [2.05, 4.69) is 15.9 Å². The van der Waals surface area contributed by atoms with E-state index in [1.54, 1.807) is 24.2 Å². The third-order valence-electron chi connectivity index (χ3n) is 3.98. The second kappa shape index (κ2) is 7.23. The van der Waals surface area contributed by atoms with E-state index in [4.69, 9.17) is 13.6 Å². The van der Waals surface area contributed by atoms with Crippen molar-refractivity contribution in [3.8, 4) is 5.75 Å². The zero-order valence-electron chi connectivity index (χ0n) is 13.9. The molecule has 26 heavy (non-hydrogen) atoms. The molecule has 1 unspecified atom stereocenters. The summed E-state index contributed by atoms with van der Waals surface area (Å²) in [6.07, 6.45) is 6.75. The predicted molar refractivity (Wildman–Crippen MR) is 108 cm³/mol. The number of hydrogen-bond acceptors (Lipinski definition) is 4. The van der Waals surface area contributed by atoms with Crippen molar-refractivity contribution in [3.05, 3.63) is 69.9 Å². The highest BCUT2D eigenvalue weighted by Gasteiger charge is 2.10. The fourth-order valence-electron chi connectivity index (χ4n) is 2.77. The number of benzene rings is 2. The Bertz CT molecular complexity index is 1090. The lowest BCUT2D eigenvalue weighted by Crippen LogP contribution is -1.97. The van der Waals surface area contributed by atoms with Crippen molar-refractivity contribution in [2.24, 2.45) is 0 Å². The Balaban J connectivity index is 1.65. The van der Waals surface area contributed by atoms with Crippen LogP contribution < -0.4 is 4.74 Å². The zero-order chi connectivity index (χ0) is 18.1. The average molecular weight is 431 g/mol. The number of fused-ring (bicyclic) bond motifs is 2. The first-order chi connectivity index (χ1) is 12.6. The van der Waals surface area contributed by atoms with Gasteiger partial charge >= 0.3 is 0 Å². The predicted octanol–water partition coefficient (Wildman–Crippen LogP) is 5.87. The quantitative estimate of drug-likeness (QED) is 0.371. The maximum Gasteiger partial charge on any atom is 0.148 e. The summed E-state index contributed by atoms with van der Waals surface area (Å²) in [5.74, 6) is 0.678. The first-order valence-corrected chi connectivity index (χ1v) is 10.3. The molecule has 0 fully saturated rings. The van der Waals surface area contributed by atoms with Gasteiger partial charge in [0.2, 0.25) is 0 Å². The highest BCUT2D eigenvalue weighted by atomic mass is 79.9. The van der Waals surface area contributed by atoms with Gasteiger partial charge in [0, 0.05) is 22.4 Å². The first-order valence-electron chi connectivity index (χ1n) is 7.90. The molecule has 2 aromatic heterocycles. The molecule has 0 spiro atoms. The summed E-state index contributed by atoms with van der Waals surface area (Å²) in [6.45, 7) is 0.391. The third kappa shape index (κ3) is 3.53. The van der Waals surface area contributed by atoms with Gasteiger partial charge in [0.05, 0.1) is 23.3 Å². The number of ether oxygens (including phenoxy) is 1. The Morgan fingerprint density at radius 3 is 2.77 bits per heavy atom. The number of halogens is 1. The van der Waals surface area contributed by atoms with Gasteiger partial charge in [-0.15, -0.1) is 0 Å². The van der Waals surface area contributed by atoms with Crippen LogP contribution in [0.1, 0.15) is 11.1 Å². The van der Waals surface area contributed by atoms with Crippen molar-refractivity contribution in [3.63, 3.8) is 0 Å². The van der Waals surface area contributed by atoms with E-state index in [9.17, 15) is 4.55 Å². The van der Waals surface area contributed by atoms with Gasteiger partial charge in [0.1, 0.15) is 28.9 Å². The van der Waals surface area contributed by atoms with Crippen LogP contribution in [0, 0.1) is 0 Å². The molecule has 0 aliphatic rings. The minimum absolute atomic E-state index is 0.391. The monoisotopic (exact) mass is 430 g/mol. The van der Waals surface area contributed by atoms with E-state index in [1.165, 1.54) is 0 Å². The van der Waals surface area contributed by atoms with Crippen molar-refractivity contribution in [2.75, 3.05) is 6.26 Å². The average Bonchev–Trinajstić information content (AvgIpc) is 3.26. The van der Waals surface area contributed by atoms with Crippen molar-refractivity contribution in [1.29, 1.82) is 0 Å². The van der Waals surface area contributed by atoms with Crippen molar-refractivity contribution in [2.45, 2.75) is 6.61 Å². The van der Waals surface area contributed by atoms with E-state index in [-0.39, 0.29) is 0 Å². The molecule has 4 aromatic rings. The maximum atomic E-state index is 11.4. The Morgan fingerprint density at radius 1 is 1.12 bits per heavy atom. The molecule has 132 valence electrons. The second-order valence-corrected chi connectivity index (χ2v) is 7.98. The molecular formula is C20H15BrO4S. The molecule has 0 aliphatic heterocycles. The Labute approximate surface area is 161 Å². The molecule has 0 N–H and O–H groups in total. The van der Waals surface area contributed by atoms with Crippen molar-refractivity contribution < 1.29 is 18.1 Å². The van der Waals surface area contributed by atoms with Gasteiger partial charge in [-0.2, -0.15) is 0 Å². The van der Waals surface area contributed by atoms with E-state index in [0.29, 0.717) is 12.4 Å². The number of furan rings is 2. The molecule has 2 heterocycles. The zero-order valence-corrected chi connectivity index (χ0v) is 16.3. The fraction of sp³-hybridized carbons (Fsp3) is 0.100. The smallest absolute Gasteiger partial charge is 0.148 e. The van der Waals surface area contributed by atoms with Crippen LogP contribution in [0.5, 0.6) is 5.75 Å². The Morgan fingerprint density at radius 2 is 1.92 bits per heavy atom. The molecule has 0 saturated heterocycles. The topological polar surface area (TPSA) is 58.6 Å². The molecule has 1 atom stereocenters. The second-order valence-electron chi connectivity index (χ2n) is 5.86. The molecule has 0 amide bonds. The fourth-order valence-corrected chi connectivity index (χ4v) is 3.73. The van der Waals surface area contributed by atoms with Gasteiger partial charge in [0.25, 0.3) is 0 Å². The molecule has 4 rings (SSSR count). The number of rotatable bonds is 5. The molecule has 0 saturated carbocycles.